The Morgan fingerprint density at radius 2 is 2.24 bits per heavy atom. The molecule has 0 N–H and O–H groups in total. The van der Waals surface area contributed by atoms with Gasteiger partial charge in [-0.05, 0) is 37.0 Å². The molecule has 0 amide bonds. The molecule has 0 saturated carbocycles. The molecular formula is C18H15FN2O3S. The summed E-state index contributed by atoms with van der Waals surface area (Å²) in [6.07, 6.45) is 4.61. The summed E-state index contributed by atoms with van der Waals surface area (Å²) in [7, 11) is 0. The first-order valence-electron chi connectivity index (χ1n) is 8.22. The van der Waals surface area contributed by atoms with Crippen molar-refractivity contribution >= 4 is 21.6 Å². The number of aromatic nitrogens is 2. The maximum Gasteiger partial charge on any atom is 0.262 e. The van der Waals surface area contributed by atoms with E-state index in [0.717, 1.165) is 35.0 Å². The molecule has 25 heavy (non-hydrogen) atoms. The molecule has 0 spiro atoms. The van der Waals surface area contributed by atoms with E-state index in [9.17, 15) is 9.18 Å². The third-order valence-electron chi connectivity index (χ3n) is 4.78. The van der Waals surface area contributed by atoms with E-state index in [1.54, 1.807) is 22.2 Å². The number of aryl methyl sites for hydroxylation is 2. The number of benzene rings is 1. The molecule has 0 bridgehead atoms. The Labute approximate surface area is 146 Å². The van der Waals surface area contributed by atoms with Gasteiger partial charge in [-0.3, -0.25) is 9.36 Å². The zero-order valence-corrected chi connectivity index (χ0v) is 14.2. The number of nitrogens with zero attached hydrogens (tertiary/aromatic N) is 2. The molecule has 3 aromatic rings. The van der Waals surface area contributed by atoms with E-state index in [2.05, 4.69) is 4.98 Å². The summed E-state index contributed by atoms with van der Waals surface area (Å²) in [4.78, 5) is 19.5. The highest BCUT2D eigenvalue weighted by Crippen LogP contribution is 2.35. The van der Waals surface area contributed by atoms with Crippen LogP contribution in [0.5, 0.6) is 5.75 Å². The van der Waals surface area contributed by atoms with Gasteiger partial charge in [0.15, 0.2) is 6.79 Å². The third-order valence-corrected chi connectivity index (χ3v) is 5.98. The van der Waals surface area contributed by atoms with Gasteiger partial charge in [-0.15, -0.1) is 11.3 Å². The SMILES string of the molecule is O=c1c2c3c(sc2ncn1Cc1cc(F)cc2c1OCOC2)CCC3. The highest BCUT2D eigenvalue weighted by Gasteiger charge is 2.22. The van der Waals surface area contributed by atoms with Crippen molar-refractivity contribution in [3.05, 3.63) is 56.2 Å². The molecule has 1 aliphatic heterocycles. The first-order chi connectivity index (χ1) is 12.2. The molecule has 5 nitrogen and oxygen atoms in total. The average molecular weight is 358 g/mol. The Hall–Kier alpha value is -2.25. The summed E-state index contributed by atoms with van der Waals surface area (Å²) < 4.78 is 26.2. The van der Waals surface area contributed by atoms with Crippen molar-refractivity contribution < 1.29 is 13.9 Å². The van der Waals surface area contributed by atoms with Crippen LogP contribution in [0.2, 0.25) is 0 Å². The van der Waals surface area contributed by atoms with E-state index in [4.69, 9.17) is 9.47 Å². The van der Waals surface area contributed by atoms with Gasteiger partial charge >= 0.3 is 0 Å². The first kappa shape index (κ1) is 15.0. The predicted octanol–water partition coefficient (Wildman–Crippen LogP) is 3.00. The Kier molecular flexibility index (Phi) is 3.39. The third kappa shape index (κ3) is 2.38. The molecule has 1 aromatic carbocycles. The van der Waals surface area contributed by atoms with Gasteiger partial charge in [-0.2, -0.15) is 0 Å². The van der Waals surface area contributed by atoms with Gasteiger partial charge in [0.05, 0.1) is 24.9 Å². The molecule has 5 rings (SSSR count). The standard InChI is InChI=1S/C18H15FN2O3S/c19-12-4-10(16-11(5-12)7-23-9-24-16)6-21-8-20-17-15(18(21)22)13-2-1-3-14(13)25-17/h4-5,8H,1-3,6-7,9H2. The molecule has 0 saturated heterocycles. The number of hydrogen-bond donors (Lipinski definition) is 0. The molecule has 128 valence electrons. The normalized spacial score (nSPS) is 15.9. The van der Waals surface area contributed by atoms with Crippen LogP contribution in [0.1, 0.15) is 28.0 Å². The number of fused-ring (bicyclic) bond motifs is 4. The minimum atomic E-state index is -0.360. The van der Waals surface area contributed by atoms with Gasteiger partial charge in [0.1, 0.15) is 16.4 Å². The van der Waals surface area contributed by atoms with E-state index in [0.29, 0.717) is 23.5 Å². The molecule has 0 radical (unpaired) electrons. The van der Waals surface area contributed by atoms with Crippen LogP contribution in [-0.4, -0.2) is 16.3 Å². The number of ether oxygens (including phenoxy) is 2. The van der Waals surface area contributed by atoms with Crippen LogP contribution in [-0.2, 0) is 30.7 Å². The maximum atomic E-state index is 13.9. The smallest absolute Gasteiger partial charge is 0.262 e. The van der Waals surface area contributed by atoms with E-state index in [1.165, 1.54) is 17.0 Å². The van der Waals surface area contributed by atoms with Crippen LogP contribution in [0.15, 0.2) is 23.3 Å². The molecule has 0 atom stereocenters. The van der Waals surface area contributed by atoms with Crippen molar-refractivity contribution in [1.82, 2.24) is 9.55 Å². The highest BCUT2D eigenvalue weighted by atomic mass is 32.1. The fraction of sp³-hybridized carbons (Fsp3) is 0.333. The Morgan fingerprint density at radius 3 is 3.16 bits per heavy atom. The van der Waals surface area contributed by atoms with Crippen LogP contribution in [0, 0.1) is 5.82 Å². The number of rotatable bonds is 2. The zero-order valence-electron chi connectivity index (χ0n) is 13.4. The van der Waals surface area contributed by atoms with Crippen molar-refractivity contribution in [1.29, 1.82) is 0 Å². The predicted molar refractivity (Wildman–Crippen MR) is 91.7 cm³/mol. The summed E-state index contributed by atoms with van der Waals surface area (Å²) >= 11 is 1.62. The number of hydrogen-bond acceptors (Lipinski definition) is 5. The lowest BCUT2D eigenvalue weighted by Crippen LogP contribution is -2.22. The Balaban J connectivity index is 1.62. The summed E-state index contributed by atoms with van der Waals surface area (Å²) in [5, 5.41) is 0.731. The van der Waals surface area contributed by atoms with Crippen LogP contribution in [0.3, 0.4) is 0 Å². The lowest BCUT2D eigenvalue weighted by molar-refractivity contribution is -0.0173. The van der Waals surface area contributed by atoms with Crippen molar-refractivity contribution in [2.75, 3.05) is 6.79 Å². The van der Waals surface area contributed by atoms with Crippen molar-refractivity contribution in [3.8, 4) is 5.75 Å². The van der Waals surface area contributed by atoms with Crippen molar-refractivity contribution in [3.63, 3.8) is 0 Å². The topological polar surface area (TPSA) is 53.4 Å². The zero-order chi connectivity index (χ0) is 17.0. The summed E-state index contributed by atoms with van der Waals surface area (Å²) in [6, 6.07) is 2.83. The van der Waals surface area contributed by atoms with Gasteiger partial charge in [0, 0.05) is 16.0 Å². The van der Waals surface area contributed by atoms with Gasteiger partial charge < -0.3 is 9.47 Å². The maximum absolute atomic E-state index is 13.9. The molecule has 3 heterocycles. The quantitative estimate of drug-likeness (QED) is 0.707. The fourth-order valence-corrected chi connectivity index (χ4v) is 4.91. The second-order valence-corrected chi connectivity index (χ2v) is 7.46. The molecule has 1 aliphatic carbocycles. The molecule has 0 unspecified atom stereocenters. The van der Waals surface area contributed by atoms with Gasteiger partial charge in [0.2, 0.25) is 0 Å². The van der Waals surface area contributed by atoms with Crippen LogP contribution >= 0.6 is 11.3 Å². The lowest BCUT2D eigenvalue weighted by Gasteiger charge is -2.21. The molecule has 0 fully saturated rings. The van der Waals surface area contributed by atoms with Gasteiger partial charge in [0.25, 0.3) is 5.56 Å². The fourth-order valence-electron chi connectivity index (χ4n) is 3.69. The second-order valence-electron chi connectivity index (χ2n) is 6.38. The van der Waals surface area contributed by atoms with E-state index < -0.39 is 0 Å². The molecule has 7 heteroatoms. The number of halogens is 1. The highest BCUT2D eigenvalue weighted by molar-refractivity contribution is 7.18. The summed E-state index contributed by atoms with van der Waals surface area (Å²) in [5.41, 5.74) is 2.39. The van der Waals surface area contributed by atoms with Crippen LogP contribution in [0.25, 0.3) is 10.2 Å². The largest absolute Gasteiger partial charge is 0.467 e. The second kappa shape index (κ2) is 5.64. The Morgan fingerprint density at radius 1 is 1.32 bits per heavy atom. The lowest BCUT2D eigenvalue weighted by atomic mass is 10.1. The Bertz CT molecular complexity index is 1060. The monoisotopic (exact) mass is 358 g/mol. The summed E-state index contributed by atoms with van der Waals surface area (Å²) in [6.45, 7) is 0.673. The van der Waals surface area contributed by atoms with Gasteiger partial charge in [-0.1, -0.05) is 0 Å². The van der Waals surface area contributed by atoms with Crippen molar-refractivity contribution in [2.45, 2.75) is 32.4 Å². The van der Waals surface area contributed by atoms with Crippen molar-refractivity contribution in [2.24, 2.45) is 0 Å². The van der Waals surface area contributed by atoms with E-state index in [1.807, 2.05) is 0 Å². The summed E-state index contributed by atoms with van der Waals surface area (Å²) in [5.74, 6) is 0.247. The molecule has 2 aliphatic rings. The molecular weight excluding hydrogens is 343 g/mol. The first-order valence-corrected chi connectivity index (χ1v) is 9.04. The molecule has 2 aromatic heterocycles. The van der Waals surface area contributed by atoms with E-state index in [-0.39, 0.29) is 24.7 Å². The number of thiophene rings is 1. The van der Waals surface area contributed by atoms with Gasteiger partial charge in [-0.25, -0.2) is 9.37 Å². The van der Waals surface area contributed by atoms with E-state index >= 15 is 0 Å². The van der Waals surface area contributed by atoms with Crippen LogP contribution < -0.4 is 10.3 Å². The minimum absolute atomic E-state index is 0.0607. The minimum Gasteiger partial charge on any atom is -0.467 e. The average Bonchev–Trinajstić information content (AvgIpc) is 3.18. The van der Waals surface area contributed by atoms with Crippen LogP contribution in [0.4, 0.5) is 4.39 Å².